The zero-order valence-corrected chi connectivity index (χ0v) is 28.8. The first kappa shape index (κ1) is 33.2. The van der Waals surface area contributed by atoms with E-state index in [9.17, 15) is 9.90 Å². The van der Waals surface area contributed by atoms with Crippen LogP contribution in [0.2, 0.25) is 5.02 Å². The number of hydrogen-bond donors (Lipinski definition) is 1. The van der Waals surface area contributed by atoms with Crippen molar-refractivity contribution in [3.63, 3.8) is 0 Å². The second-order valence-electron chi connectivity index (χ2n) is 14.4. The molecule has 1 N–H and O–H groups in total. The fraction of sp³-hybridized carbons (Fsp3) is 0.514. The second kappa shape index (κ2) is 12.9. The summed E-state index contributed by atoms with van der Waals surface area (Å²) in [5.41, 5.74) is 8.60. The van der Waals surface area contributed by atoms with Crippen molar-refractivity contribution >= 4 is 23.3 Å². The summed E-state index contributed by atoms with van der Waals surface area (Å²) in [6.07, 6.45) is 1.84. The van der Waals surface area contributed by atoms with Crippen molar-refractivity contribution in [3.05, 3.63) is 75.1 Å². The van der Waals surface area contributed by atoms with E-state index < -0.39 is 17.7 Å². The first-order chi connectivity index (χ1) is 21.2. The van der Waals surface area contributed by atoms with Gasteiger partial charge in [0, 0.05) is 65.8 Å². The molecule has 1 aromatic heterocycles. The van der Waals surface area contributed by atoms with E-state index in [0.717, 1.165) is 85.8 Å². The molecule has 2 aliphatic rings. The van der Waals surface area contributed by atoms with Gasteiger partial charge >= 0.3 is 5.97 Å². The second-order valence-corrected chi connectivity index (χ2v) is 14.9. The number of carboxylic acid groups (broad SMARTS) is 1. The molecule has 7 nitrogen and oxygen atoms in total. The van der Waals surface area contributed by atoms with Gasteiger partial charge in [-0.05, 0) is 94.2 Å². The third kappa shape index (κ3) is 7.48. The number of aliphatic carboxylic acids is 1. The molecule has 0 amide bonds. The van der Waals surface area contributed by atoms with E-state index >= 15 is 0 Å². The van der Waals surface area contributed by atoms with Gasteiger partial charge in [0.05, 0.1) is 18.4 Å². The number of nitrogens with zero attached hydrogens (tertiary/aromatic N) is 3. The molecule has 1 fully saturated rings. The minimum Gasteiger partial charge on any atom is -0.496 e. The molecule has 242 valence electrons. The Morgan fingerprint density at radius 2 is 1.76 bits per heavy atom. The van der Waals surface area contributed by atoms with Crippen LogP contribution in [0.3, 0.4) is 0 Å². The van der Waals surface area contributed by atoms with Crippen LogP contribution in [0.1, 0.15) is 87.2 Å². The normalized spacial score (nSPS) is 17.6. The number of ether oxygens (including phenoxy) is 2. The molecule has 8 heteroatoms. The van der Waals surface area contributed by atoms with Crippen molar-refractivity contribution in [1.82, 2.24) is 9.88 Å². The highest BCUT2D eigenvalue weighted by atomic mass is 35.5. The lowest BCUT2D eigenvalue weighted by atomic mass is 9.81. The lowest BCUT2D eigenvalue weighted by Gasteiger charge is -2.41. The van der Waals surface area contributed by atoms with E-state index in [0.29, 0.717) is 16.3 Å². The van der Waals surface area contributed by atoms with E-state index in [1.807, 2.05) is 52.8 Å². The van der Waals surface area contributed by atoms with E-state index in [4.69, 9.17) is 26.1 Å². The molecule has 0 radical (unpaired) electrons. The molecule has 1 saturated heterocycles. The zero-order chi connectivity index (χ0) is 32.7. The monoisotopic (exact) mass is 633 g/mol. The fourth-order valence-corrected chi connectivity index (χ4v) is 6.96. The van der Waals surface area contributed by atoms with Gasteiger partial charge in [-0.1, -0.05) is 43.6 Å². The first-order valence-corrected chi connectivity index (χ1v) is 16.4. The Kier molecular flexibility index (Phi) is 9.55. The number of fused-ring (bicyclic) bond motifs is 1. The van der Waals surface area contributed by atoms with E-state index in [-0.39, 0.29) is 5.41 Å². The summed E-state index contributed by atoms with van der Waals surface area (Å²) in [6.45, 7) is 18.5. The third-order valence-electron chi connectivity index (χ3n) is 9.19. The number of anilines is 1. The Hall–Kier alpha value is -3.13. The van der Waals surface area contributed by atoms with Crippen LogP contribution in [0.15, 0.2) is 36.4 Å². The third-order valence-corrected chi connectivity index (χ3v) is 9.43. The Balaban J connectivity index is 1.56. The number of hydrogen-bond acceptors (Lipinski definition) is 6. The van der Waals surface area contributed by atoms with Gasteiger partial charge in [-0.25, -0.2) is 4.79 Å². The number of carbonyl (C=O) groups is 1. The number of piperidine rings is 1. The molecule has 3 heterocycles. The average Bonchev–Trinajstić information content (AvgIpc) is 2.95. The molecule has 3 aromatic rings. The quantitative estimate of drug-likeness (QED) is 0.268. The van der Waals surface area contributed by atoms with Crippen LogP contribution in [0.4, 0.5) is 5.69 Å². The molecule has 2 aromatic carbocycles. The number of pyridine rings is 1. The summed E-state index contributed by atoms with van der Waals surface area (Å²) in [7, 11) is 1.69. The van der Waals surface area contributed by atoms with E-state index in [1.54, 1.807) is 7.11 Å². The Bertz CT molecular complexity index is 1570. The predicted molar refractivity (Wildman–Crippen MR) is 181 cm³/mol. The summed E-state index contributed by atoms with van der Waals surface area (Å²) in [4.78, 5) is 22.6. The van der Waals surface area contributed by atoms with Gasteiger partial charge in [-0.3, -0.25) is 9.88 Å². The standard InChI is InChI=1S/C37H48ClN3O4/c1-23-31(26-9-10-27-21-40(16-13-25(27)19-26)22-28-20-29(38)11-12-30(28)44-8)33(41-17-14-37(6,7)15-18-41)32(24(2)39-23)34(35(42)43)45-36(3,4)5/h9-12,19-20,34H,13-18,21-22H2,1-8H3,(H,42,43). The molecular weight excluding hydrogens is 586 g/mol. The Morgan fingerprint density at radius 1 is 1.04 bits per heavy atom. The van der Waals surface area contributed by atoms with E-state index in [2.05, 4.69) is 41.8 Å². The summed E-state index contributed by atoms with van der Waals surface area (Å²) in [5.74, 6) is -0.146. The van der Waals surface area contributed by atoms with Crippen molar-refractivity contribution in [3.8, 4) is 16.9 Å². The van der Waals surface area contributed by atoms with Gasteiger partial charge in [0.1, 0.15) is 5.75 Å². The smallest absolute Gasteiger partial charge is 0.337 e. The first-order valence-electron chi connectivity index (χ1n) is 16.0. The molecule has 0 aliphatic carbocycles. The molecule has 0 spiro atoms. The van der Waals surface area contributed by atoms with E-state index in [1.165, 1.54) is 11.1 Å². The van der Waals surface area contributed by atoms with Gasteiger partial charge in [0.15, 0.2) is 6.10 Å². The van der Waals surface area contributed by atoms with Crippen molar-refractivity contribution in [2.45, 2.75) is 92.5 Å². The SMILES string of the molecule is COc1ccc(Cl)cc1CN1CCc2cc(-c3c(C)nc(C)c(C(OC(C)(C)C)C(=O)O)c3N3CCC(C)(C)CC3)ccc2C1. The van der Waals surface area contributed by atoms with Crippen molar-refractivity contribution in [2.24, 2.45) is 5.41 Å². The number of benzene rings is 2. The molecule has 1 unspecified atom stereocenters. The maximum atomic E-state index is 12.8. The molecule has 5 rings (SSSR count). The van der Waals surface area contributed by atoms with Gasteiger partial charge in [0.2, 0.25) is 0 Å². The lowest BCUT2D eigenvalue weighted by molar-refractivity contribution is -0.160. The van der Waals surface area contributed by atoms with Crippen LogP contribution >= 0.6 is 11.6 Å². The molecule has 0 saturated carbocycles. The highest BCUT2D eigenvalue weighted by Gasteiger charge is 2.36. The maximum Gasteiger partial charge on any atom is 0.337 e. The van der Waals surface area contributed by atoms with Crippen molar-refractivity contribution < 1.29 is 19.4 Å². The molecule has 0 bridgehead atoms. The fourth-order valence-electron chi connectivity index (χ4n) is 6.77. The van der Waals surface area contributed by atoms with Gasteiger partial charge in [0.25, 0.3) is 0 Å². The predicted octanol–water partition coefficient (Wildman–Crippen LogP) is 8.15. The molecule has 45 heavy (non-hydrogen) atoms. The van der Waals surface area contributed by atoms with Crippen LogP contribution in [-0.2, 0) is 29.0 Å². The van der Waals surface area contributed by atoms with Crippen LogP contribution < -0.4 is 9.64 Å². The topological polar surface area (TPSA) is 75.1 Å². The number of carboxylic acids is 1. The summed E-state index contributed by atoms with van der Waals surface area (Å²) in [5, 5.41) is 11.2. The van der Waals surface area contributed by atoms with Crippen LogP contribution in [0, 0.1) is 19.3 Å². The zero-order valence-electron chi connectivity index (χ0n) is 28.1. The maximum absolute atomic E-state index is 12.8. The summed E-state index contributed by atoms with van der Waals surface area (Å²) < 4.78 is 11.9. The van der Waals surface area contributed by atoms with Crippen LogP contribution in [-0.4, -0.2) is 53.3 Å². The summed E-state index contributed by atoms with van der Waals surface area (Å²) >= 11 is 6.31. The number of aromatic nitrogens is 1. The van der Waals surface area contributed by atoms with Crippen LogP contribution in [0.25, 0.3) is 11.1 Å². The highest BCUT2D eigenvalue weighted by molar-refractivity contribution is 6.30. The molecule has 1 atom stereocenters. The van der Waals surface area contributed by atoms with Crippen molar-refractivity contribution in [1.29, 1.82) is 0 Å². The minimum absolute atomic E-state index is 0.245. The number of rotatable bonds is 8. The van der Waals surface area contributed by atoms with Crippen molar-refractivity contribution in [2.75, 3.05) is 31.6 Å². The lowest BCUT2D eigenvalue weighted by Crippen LogP contribution is -2.39. The molecule has 2 aliphatic heterocycles. The molecular formula is C37H48ClN3O4. The largest absolute Gasteiger partial charge is 0.496 e. The van der Waals surface area contributed by atoms with Gasteiger partial charge in [-0.15, -0.1) is 0 Å². The summed E-state index contributed by atoms with van der Waals surface area (Å²) in [6, 6.07) is 12.5. The average molecular weight is 634 g/mol. The Morgan fingerprint density at radius 3 is 2.40 bits per heavy atom. The Labute approximate surface area is 273 Å². The number of aryl methyl sites for hydroxylation is 2. The minimum atomic E-state index is -1.13. The van der Waals surface area contributed by atoms with Gasteiger partial charge in [-0.2, -0.15) is 0 Å². The van der Waals surface area contributed by atoms with Crippen LogP contribution in [0.5, 0.6) is 5.75 Å². The highest BCUT2D eigenvalue weighted by Crippen LogP contribution is 2.45. The number of methoxy groups -OCH3 is 1. The number of halogens is 1. The van der Waals surface area contributed by atoms with Gasteiger partial charge < -0.3 is 19.5 Å².